The lowest BCUT2D eigenvalue weighted by atomic mass is 10.1. The molecule has 0 atom stereocenters. The summed E-state index contributed by atoms with van der Waals surface area (Å²) in [5.41, 5.74) is 3.45. The third-order valence-electron chi connectivity index (χ3n) is 3.74. The largest absolute Gasteiger partial charge is 0.482 e. The van der Waals surface area contributed by atoms with Crippen molar-refractivity contribution in [2.45, 2.75) is 13.5 Å². The second-order valence-electron chi connectivity index (χ2n) is 5.36. The molecule has 23 heavy (non-hydrogen) atoms. The number of hydrogen-bond acceptors (Lipinski definition) is 4. The minimum Gasteiger partial charge on any atom is -0.482 e. The van der Waals surface area contributed by atoms with Crippen molar-refractivity contribution in [3.63, 3.8) is 0 Å². The Labute approximate surface area is 135 Å². The molecule has 2 aromatic rings. The molecule has 0 spiro atoms. The minimum absolute atomic E-state index is 0.0652. The molecule has 1 aliphatic rings. The Bertz CT molecular complexity index is 741. The second kappa shape index (κ2) is 6.52. The average molecular weight is 310 g/mol. The molecule has 1 aliphatic heterocycles. The SMILES string of the molecule is C/C(=N/OCc1ccccc1)c1ccc2c(c1)N(C)C(=O)CO2. The molecule has 1 amide bonds. The first-order valence-corrected chi connectivity index (χ1v) is 7.39. The highest BCUT2D eigenvalue weighted by Crippen LogP contribution is 2.32. The first kappa shape index (κ1) is 15.1. The topological polar surface area (TPSA) is 51.1 Å². The highest BCUT2D eigenvalue weighted by Gasteiger charge is 2.22. The fourth-order valence-corrected chi connectivity index (χ4v) is 2.33. The molecule has 0 saturated heterocycles. The minimum atomic E-state index is -0.0652. The van der Waals surface area contributed by atoms with Crippen LogP contribution < -0.4 is 9.64 Å². The third kappa shape index (κ3) is 3.34. The van der Waals surface area contributed by atoms with Gasteiger partial charge in [-0.2, -0.15) is 0 Å². The summed E-state index contributed by atoms with van der Waals surface area (Å²) in [7, 11) is 1.74. The molecule has 5 heteroatoms. The smallest absolute Gasteiger partial charge is 0.264 e. The molecule has 118 valence electrons. The average Bonchev–Trinajstić information content (AvgIpc) is 2.59. The highest BCUT2D eigenvalue weighted by atomic mass is 16.6. The van der Waals surface area contributed by atoms with Crippen molar-refractivity contribution in [3.8, 4) is 5.75 Å². The molecule has 0 aromatic heterocycles. The summed E-state index contributed by atoms with van der Waals surface area (Å²) in [6.45, 7) is 2.37. The molecule has 1 heterocycles. The number of ether oxygens (including phenoxy) is 1. The zero-order valence-corrected chi connectivity index (χ0v) is 13.2. The van der Waals surface area contributed by atoms with Gasteiger partial charge in [0.25, 0.3) is 5.91 Å². The molecule has 0 saturated carbocycles. The van der Waals surface area contributed by atoms with Crippen LogP contribution in [0, 0.1) is 0 Å². The van der Waals surface area contributed by atoms with Crippen molar-refractivity contribution in [3.05, 3.63) is 59.7 Å². The standard InChI is InChI=1S/C18H18N2O3/c1-13(19-23-11-14-6-4-3-5-7-14)15-8-9-17-16(10-15)20(2)18(21)12-22-17/h3-10H,11-12H2,1-2H3/b19-13-. The maximum atomic E-state index is 11.7. The summed E-state index contributed by atoms with van der Waals surface area (Å²) >= 11 is 0. The number of amides is 1. The van der Waals surface area contributed by atoms with Gasteiger partial charge in [0, 0.05) is 12.6 Å². The first-order valence-electron chi connectivity index (χ1n) is 7.39. The molecule has 0 N–H and O–H groups in total. The number of rotatable bonds is 4. The Balaban J connectivity index is 1.73. The fraction of sp³-hybridized carbons (Fsp3) is 0.222. The van der Waals surface area contributed by atoms with Gasteiger partial charge in [0.1, 0.15) is 12.4 Å². The summed E-state index contributed by atoms with van der Waals surface area (Å²) < 4.78 is 5.42. The normalized spacial score (nSPS) is 14.3. The number of likely N-dealkylation sites (N-methyl/N-ethyl adjacent to an activating group) is 1. The fourth-order valence-electron chi connectivity index (χ4n) is 2.33. The second-order valence-corrected chi connectivity index (χ2v) is 5.36. The van der Waals surface area contributed by atoms with E-state index in [1.807, 2.05) is 55.5 Å². The lowest BCUT2D eigenvalue weighted by molar-refractivity contribution is -0.120. The Kier molecular flexibility index (Phi) is 4.28. The van der Waals surface area contributed by atoms with Crippen LogP contribution in [0.5, 0.6) is 5.75 Å². The molecule has 0 radical (unpaired) electrons. The monoisotopic (exact) mass is 310 g/mol. The first-order chi connectivity index (χ1) is 11.1. The Hall–Kier alpha value is -2.82. The van der Waals surface area contributed by atoms with E-state index < -0.39 is 0 Å². The lowest BCUT2D eigenvalue weighted by Crippen LogP contribution is -2.35. The molecule has 0 fully saturated rings. The molecule has 0 aliphatic carbocycles. The number of oxime groups is 1. The predicted molar refractivity (Wildman–Crippen MR) is 88.8 cm³/mol. The van der Waals surface area contributed by atoms with Gasteiger partial charge in [-0.3, -0.25) is 4.79 Å². The summed E-state index contributed by atoms with van der Waals surface area (Å²) in [4.78, 5) is 18.7. The van der Waals surface area contributed by atoms with Crippen molar-refractivity contribution in [2.75, 3.05) is 18.6 Å². The molecule has 0 unspecified atom stereocenters. The third-order valence-corrected chi connectivity index (χ3v) is 3.74. The van der Waals surface area contributed by atoms with E-state index in [0.29, 0.717) is 12.4 Å². The van der Waals surface area contributed by atoms with Crippen molar-refractivity contribution >= 4 is 17.3 Å². The van der Waals surface area contributed by atoms with Crippen LogP contribution in [-0.4, -0.2) is 25.3 Å². The summed E-state index contributed by atoms with van der Waals surface area (Å²) in [6.07, 6.45) is 0. The maximum absolute atomic E-state index is 11.7. The van der Waals surface area contributed by atoms with Gasteiger partial charge in [0.15, 0.2) is 6.61 Å². The summed E-state index contributed by atoms with van der Waals surface area (Å²) in [5.74, 6) is 0.637. The molecule has 2 aromatic carbocycles. The quantitative estimate of drug-likeness (QED) is 0.644. The van der Waals surface area contributed by atoms with E-state index in [9.17, 15) is 4.79 Å². The highest BCUT2D eigenvalue weighted by molar-refractivity contribution is 6.02. The lowest BCUT2D eigenvalue weighted by Gasteiger charge is -2.26. The van der Waals surface area contributed by atoms with E-state index in [1.54, 1.807) is 11.9 Å². The van der Waals surface area contributed by atoms with Crippen LogP contribution in [0.1, 0.15) is 18.1 Å². The van der Waals surface area contributed by atoms with Crippen LogP contribution in [0.15, 0.2) is 53.7 Å². The Morgan fingerprint density at radius 1 is 1.26 bits per heavy atom. The van der Waals surface area contributed by atoms with Crippen molar-refractivity contribution < 1.29 is 14.4 Å². The van der Waals surface area contributed by atoms with Crippen LogP contribution in [0.25, 0.3) is 0 Å². The van der Waals surface area contributed by atoms with Crippen LogP contribution in [-0.2, 0) is 16.2 Å². The molecule has 5 nitrogen and oxygen atoms in total. The number of benzene rings is 2. The van der Waals surface area contributed by atoms with Crippen LogP contribution in [0.2, 0.25) is 0 Å². The molecule has 0 bridgehead atoms. The van der Waals surface area contributed by atoms with Gasteiger partial charge < -0.3 is 14.5 Å². The van der Waals surface area contributed by atoms with E-state index in [1.165, 1.54) is 0 Å². The number of carbonyl (C=O) groups excluding carboxylic acids is 1. The summed E-state index contributed by atoms with van der Waals surface area (Å²) in [5, 5.41) is 4.16. The van der Waals surface area contributed by atoms with E-state index in [4.69, 9.17) is 9.57 Å². The zero-order chi connectivity index (χ0) is 16.2. The van der Waals surface area contributed by atoms with Gasteiger partial charge in [0.2, 0.25) is 0 Å². The van der Waals surface area contributed by atoms with Gasteiger partial charge >= 0.3 is 0 Å². The van der Waals surface area contributed by atoms with Gasteiger partial charge in [-0.15, -0.1) is 0 Å². The summed E-state index contributed by atoms with van der Waals surface area (Å²) in [6, 6.07) is 15.5. The van der Waals surface area contributed by atoms with E-state index in [0.717, 1.165) is 22.5 Å². The number of hydrogen-bond donors (Lipinski definition) is 0. The van der Waals surface area contributed by atoms with Gasteiger partial charge in [-0.05, 0) is 30.7 Å². The number of nitrogens with zero attached hydrogens (tertiary/aromatic N) is 2. The number of fused-ring (bicyclic) bond motifs is 1. The van der Waals surface area contributed by atoms with Gasteiger partial charge in [-0.1, -0.05) is 35.5 Å². The van der Waals surface area contributed by atoms with E-state index in [2.05, 4.69) is 5.16 Å². The molecule has 3 rings (SSSR count). The number of anilines is 1. The van der Waals surface area contributed by atoms with Gasteiger partial charge in [0.05, 0.1) is 11.4 Å². The Morgan fingerprint density at radius 3 is 2.83 bits per heavy atom. The van der Waals surface area contributed by atoms with Crippen molar-refractivity contribution in [1.29, 1.82) is 0 Å². The zero-order valence-electron chi connectivity index (χ0n) is 13.2. The molecular weight excluding hydrogens is 292 g/mol. The van der Waals surface area contributed by atoms with Crippen LogP contribution in [0.4, 0.5) is 5.69 Å². The molecular formula is C18H18N2O3. The van der Waals surface area contributed by atoms with E-state index in [-0.39, 0.29) is 12.5 Å². The van der Waals surface area contributed by atoms with Crippen molar-refractivity contribution in [1.82, 2.24) is 0 Å². The predicted octanol–water partition coefficient (Wildman–Crippen LogP) is 2.98. The van der Waals surface area contributed by atoms with Crippen LogP contribution in [0.3, 0.4) is 0 Å². The van der Waals surface area contributed by atoms with Crippen molar-refractivity contribution in [2.24, 2.45) is 5.16 Å². The Morgan fingerprint density at radius 2 is 2.04 bits per heavy atom. The maximum Gasteiger partial charge on any atom is 0.264 e. The van der Waals surface area contributed by atoms with Crippen LogP contribution >= 0.6 is 0 Å². The number of carbonyl (C=O) groups is 1. The van der Waals surface area contributed by atoms with E-state index >= 15 is 0 Å². The van der Waals surface area contributed by atoms with Gasteiger partial charge in [-0.25, -0.2) is 0 Å².